The van der Waals surface area contributed by atoms with Crippen LogP contribution in [0.15, 0.2) is 36.4 Å². The first-order chi connectivity index (χ1) is 16.1. The van der Waals surface area contributed by atoms with Gasteiger partial charge in [-0.3, -0.25) is 14.2 Å². The maximum Gasteiger partial charge on any atom is 0.181 e. The Labute approximate surface area is 202 Å². The fourth-order valence-corrected chi connectivity index (χ4v) is 4.84. The van der Waals surface area contributed by atoms with E-state index in [1.54, 1.807) is 36.4 Å². The highest BCUT2D eigenvalue weighted by Crippen LogP contribution is 2.40. The Hall–Kier alpha value is -2.92. The van der Waals surface area contributed by atoms with E-state index in [-0.39, 0.29) is 25.0 Å². The summed E-state index contributed by atoms with van der Waals surface area (Å²) < 4.78 is 33.1. The minimum Gasteiger partial charge on any atom is -0.496 e. The largest absolute Gasteiger partial charge is 0.496 e. The lowest BCUT2D eigenvalue weighted by Gasteiger charge is -2.30. The maximum absolute atomic E-state index is 14.1. The van der Waals surface area contributed by atoms with Crippen molar-refractivity contribution in [2.75, 3.05) is 34.6 Å². The van der Waals surface area contributed by atoms with E-state index in [0.717, 1.165) is 0 Å². The molecule has 0 spiro atoms. The molecule has 0 aliphatic rings. The Morgan fingerprint density at radius 3 is 1.44 bits per heavy atom. The first kappa shape index (κ1) is 27.3. The summed E-state index contributed by atoms with van der Waals surface area (Å²) in [6, 6.07) is 10.1. The number of carbonyl (C=O) groups excluding carboxylic acids is 2. The van der Waals surface area contributed by atoms with Gasteiger partial charge in [-0.05, 0) is 42.0 Å². The van der Waals surface area contributed by atoms with Crippen LogP contribution in [0.25, 0.3) is 0 Å². The summed E-state index contributed by atoms with van der Waals surface area (Å²) in [6.45, 7) is 5.79. The van der Waals surface area contributed by atoms with Crippen LogP contribution in [0.4, 0.5) is 0 Å². The number of benzene rings is 2. The molecule has 0 aliphatic heterocycles. The average molecular weight is 489 g/mol. The highest BCUT2D eigenvalue weighted by atomic mass is 31.1. The van der Waals surface area contributed by atoms with Crippen LogP contribution in [0, 0.1) is 17.3 Å². The number of carbonyl (C=O) groups is 2. The highest BCUT2D eigenvalue weighted by Gasteiger charge is 2.40. The lowest BCUT2D eigenvalue weighted by atomic mass is 9.73. The molecule has 0 radical (unpaired) electrons. The van der Waals surface area contributed by atoms with Crippen LogP contribution in [0.5, 0.6) is 23.0 Å². The summed E-state index contributed by atoms with van der Waals surface area (Å²) in [5, 5.41) is 0. The third-order valence-corrected chi connectivity index (χ3v) is 6.83. The van der Waals surface area contributed by atoms with Crippen molar-refractivity contribution in [1.82, 2.24) is 0 Å². The number of ether oxygens (including phenoxy) is 4. The molecule has 2 rings (SSSR count). The number of hydrogen-bond acceptors (Lipinski definition) is 7. The zero-order chi connectivity index (χ0) is 25.5. The molecule has 0 aliphatic carbocycles. The van der Waals surface area contributed by atoms with E-state index in [1.807, 2.05) is 20.8 Å². The van der Waals surface area contributed by atoms with Gasteiger partial charge in [0, 0.05) is 6.16 Å². The number of methoxy groups -OCH3 is 4. The van der Waals surface area contributed by atoms with E-state index >= 15 is 0 Å². The molecule has 0 aromatic heterocycles. The second-order valence-corrected chi connectivity index (χ2v) is 9.49. The van der Waals surface area contributed by atoms with Crippen LogP contribution in [-0.4, -0.2) is 46.2 Å². The summed E-state index contributed by atoms with van der Waals surface area (Å²) in [5.74, 6) is -1.06. The molecule has 2 aromatic rings. The average Bonchev–Trinajstić information content (AvgIpc) is 2.82. The van der Waals surface area contributed by atoms with Crippen LogP contribution < -0.4 is 18.9 Å². The highest BCUT2D eigenvalue weighted by molar-refractivity contribution is 7.23. The summed E-state index contributed by atoms with van der Waals surface area (Å²) in [6.07, 6.45) is 0.891. The van der Waals surface area contributed by atoms with Gasteiger partial charge in [-0.25, -0.2) is 0 Å². The molecule has 2 aromatic carbocycles. The minimum atomic E-state index is -1.09. The molecule has 1 unspecified atom stereocenters. The molecule has 0 heterocycles. The van der Waals surface area contributed by atoms with E-state index in [4.69, 9.17) is 18.9 Å². The van der Waals surface area contributed by atoms with Crippen molar-refractivity contribution in [2.24, 2.45) is 17.3 Å². The summed E-state index contributed by atoms with van der Waals surface area (Å²) in [5.41, 5.74) is 0.0368. The van der Waals surface area contributed by atoms with Gasteiger partial charge >= 0.3 is 0 Å². The normalized spacial score (nSPS) is 12.4. The number of Topliss-reactive ketones (excluding diaryl/α,β-unsaturated/α-hetero) is 2. The van der Waals surface area contributed by atoms with Gasteiger partial charge in [0.2, 0.25) is 0 Å². The van der Waals surface area contributed by atoms with Gasteiger partial charge < -0.3 is 18.9 Å². The quantitative estimate of drug-likeness (QED) is 0.202. The van der Waals surface area contributed by atoms with Crippen LogP contribution in [0.2, 0.25) is 0 Å². The summed E-state index contributed by atoms with van der Waals surface area (Å²) in [7, 11) is 5.87. The summed E-state index contributed by atoms with van der Waals surface area (Å²) >= 11 is 0. The van der Waals surface area contributed by atoms with Crippen molar-refractivity contribution in [3.8, 4) is 23.0 Å². The third-order valence-electron chi connectivity index (χ3n) is 5.85. The number of hydrogen-bond donors (Lipinski definition) is 0. The molecule has 184 valence electrons. The lowest BCUT2D eigenvalue weighted by molar-refractivity contribution is 0.0728. The molecule has 0 saturated carbocycles. The van der Waals surface area contributed by atoms with Crippen LogP contribution in [0.3, 0.4) is 0 Å². The molecule has 0 fully saturated rings. The zero-order valence-electron chi connectivity index (χ0n) is 20.8. The number of ketones is 2. The van der Waals surface area contributed by atoms with Gasteiger partial charge in [0.15, 0.2) is 20.0 Å². The molecular formula is C26H33O7P. The molecular weight excluding hydrogens is 455 g/mol. The fraction of sp³-hybridized carbons (Fsp3) is 0.462. The first-order valence-electron chi connectivity index (χ1n) is 10.9. The topological polar surface area (TPSA) is 88.1 Å². The molecule has 8 heteroatoms. The minimum absolute atomic E-state index is 0.0126. The van der Waals surface area contributed by atoms with Gasteiger partial charge in [-0.15, -0.1) is 0 Å². The summed E-state index contributed by atoms with van der Waals surface area (Å²) in [4.78, 5) is 28.2. The van der Waals surface area contributed by atoms with Gasteiger partial charge in [0.25, 0.3) is 0 Å². The van der Waals surface area contributed by atoms with E-state index in [9.17, 15) is 14.2 Å². The Morgan fingerprint density at radius 1 is 0.794 bits per heavy atom. The lowest BCUT2D eigenvalue weighted by Crippen LogP contribution is -2.34. The van der Waals surface area contributed by atoms with Crippen LogP contribution in [-0.2, 0) is 4.57 Å². The molecule has 7 nitrogen and oxygen atoms in total. The van der Waals surface area contributed by atoms with E-state index in [1.165, 1.54) is 28.4 Å². The smallest absolute Gasteiger partial charge is 0.181 e. The van der Waals surface area contributed by atoms with Gasteiger partial charge in [-0.1, -0.05) is 32.9 Å². The standard InChI is InChI=1S/C26H33O7P/c1-16(14-26(2,3)15-34-29)21(24(27)22-17(30-4)10-8-11-18(22)31-5)25(28)23-19(32-6)12-9-13-20(23)33-7/h8-13,16,21H,14-15H2,1-7H3. The van der Waals surface area contributed by atoms with Crippen molar-refractivity contribution in [3.05, 3.63) is 47.5 Å². The predicted octanol–water partition coefficient (Wildman–Crippen LogP) is 5.75. The SMILES string of the molecule is COc1cccc(OC)c1C(=O)C(C(=O)c1c(OC)cccc1OC)C(C)CC(C)(C)CP=O. The predicted molar refractivity (Wildman–Crippen MR) is 131 cm³/mol. The van der Waals surface area contributed by atoms with Crippen molar-refractivity contribution in [2.45, 2.75) is 27.2 Å². The van der Waals surface area contributed by atoms with Crippen molar-refractivity contribution in [1.29, 1.82) is 0 Å². The second-order valence-electron chi connectivity index (χ2n) is 8.91. The Morgan fingerprint density at radius 2 is 1.15 bits per heavy atom. The van der Waals surface area contributed by atoms with Crippen molar-refractivity contribution < 1.29 is 33.1 Å². The van der Waals surface area contributed by atoms with Crippen molar-refractivity contribution in [3.63, 3.8) is 0 Å². The Bertz CT molecular complexity index is 920. The van der Waals surface area contributed by atoms with E-state index in [2.05, 4.69) is 0 Å². The van der Waals surface area contributed by atoms with Crippen molar-refractivity contribution >= 4 is 20.0 Å². The van der Waals surface area contributed by atoms with Crippen LogP contribution in [0.1, 0.15) is 47.9 Å². The molecule has 0 amide bonds. The molecule has 0 saturated heterocycles. The molecule has 34 heavy (non-hydrogen) atoms. The van der Waals surface area contributed by atoms with E-state index in [0.29, 0.717) is 35.6 Å². The maximum atomic E-state index is 14.1. The molecule has 0 N–H and O–H groups in total. The van der Waals surface area contributed by atoms with E-state index < -0.39 is 23.4 Å². The second kappa shape index (κ2) is 12.0. The fourth-order valence-electron chi connectivity index (χ4n) is 4.36. The first-order valence-corrected chi connectivity index (χ1v) is 11.9. The third kappa shape index (κ3) is 5.95. The molecule has 1 atom stereocenters. The Kier molecular flexibility index (Phi) is 9.63. The monoisotopic (exact) mass is 488 g/mol. The molecule has 0 bridgehead atoms. The number of rotatable bonds is 13. The van der Waals surface area contributed by atoms with Gasteiger partial charge in [0.1, 0.15) is 34.1 Å². The van der Waals surface area contributed by atoms with Gasteiger partial charge in [0.05, 0.1) is 34.4 Å². The Balaban J connectivity index is 2.71. The van der Waals surface area contributed by atoms with Crippen LogP contribution >= 0.6 is 8.46 Å². The zero-order valence-corrected chi connectivity index (χ0v) is 21.7. The van der Waals surface area contributed by atoms with Gasteiger partial charge in [-0.2, -0.15) is 0 Å².